The van der Waals surface area contributed by atoms with E-state index >= 15 is 0 Å². The number of carboxylic acid groups (broad SMARTS) is 1. The molecular formula is C13H18N2O2. The van der Waals surface area contributed by atoms with E-state index in [4.69, 9.17) is 10.8 Å². The molecular weight excluding hydrogens is 216 g/mol. The molecule has 2 rings (SSSR count). The van der Waals surface area contributed by atoms with Crippen LogP contribution < -0.4 is 10.6 Å². The first kappa shape index (κ1) is 11.8. The lowest BCUT2D eigenvalue weighted by Crippen LogP contribution is -2.38. The van der Waals surface area contributed by atoms with Crippen LogP contribution in [0.5, 0.6) is 0 Å². The van der Waals surface area contributed by atoms with Gasteiger partial charge in [0.2, 0.25) is 0 Å². The molecule has 1 saturated heterocycles. The molecule has 0 bridgehead atoms. The first-order valence-electron chi connectivity index (χ1n) is 5.83. The van der Waals surface area contributed by atoms with Crippen molar-refractivity contribution in [3.63, 3.8) is 0 Å². The number of hydrogen-bond donors (Lipinski definition) is 2. The van der Waals surface area contributed by atoms with Crippen LogP contribution in [0.4, 0.5) is 11.4 Å². The van der Waals surface area contributed by atoms with Gasteiger partial charge < -0.3 is 15.7 Å². The second-order valence-electron chi connectivity index (χ2n) is 5.11. The lowest BCUT2D eigenvalue weighted by Gasteiger charge is -2.34. The van der Waals surface area contributed by atoms with E-state index in [-0.39, 0.29) is 11.1 Å². The number of anilines is 2. The molecule has 0 aromatic heterocycles. The van der Waals surface area contributed by atoms with E-state index in [2.05, 4.69) is 18.7 Å². The van der Waals surface area contributed by atoms with E-state index in [0.29, 0.717) is 5.69 Å². The average Bonchev–Trinajstić information content (AvgIpc) is 2.58. The number of nitrogens with two attached hydrogens (primary N) is 1. The van der Waals surface area contributed by atoms with Gasteiger partial charge in [-0.1, -0.05) is 6.07 Å². The number of rotatable bonds is 2. The molecule has 1 heterocycles. The highest BCUT2D eigenvalue weighted by Gasteiger charge is 2.33. The van der Waals surface area contributed by atoms with Crippen molar-refractivity contribution in [2.24, 2.45) is 0 Å². The Balaban J connectivity index is 2.46. The fourth-order valence-corrected chi connectivity index (χ4v) is 2.53. The van der Waals surface area contributed by atoms with Crippen LogP contribution in [0.2, 0.25) is 0 Å². The third-order valence-corrected chi connectivity index (χ3v) is 3.51. The minimum absolute atomic E-state index is 0.0469. The van der Waals surface area contributed by atoms with E-state index in [0.717, 1.165) is 25.1 Å². The highest BCUT2D eigenvalue weighted by Crippen LogP contribution is 2.37. The summed E-state index contributed by atoms with van der Waals surface area (Å²) in [6.07, 6.45) is 2.22. The normalized spacial score (nSPS) is 18.4. The smallest absolute Gasteiger partial charge is 0.337 e. The van der Waals surface area contributed by atoms with Crippen LogP contribution in [-0.2, 0) is 0 Å². The molecule has 1 aliphatic heterocycles. The Bertz CT molecular complexity index is 455. The van der Waals surface area contributed by atoms with E-state index < -0.39 is 5.97 Å². The monoisotopic (exact) mass is 234 g/mol. The number of carboxylic acids is 1. The summed E-state index contributed by atoms with van der Waals surface area (Å²) in [7, 11) is 0. The predicted molar refractivity (Wildman–Crippen MR) is 68.5 cm³/mol. The van der Waals surface area contributed by atoms with Gasteiger partial charge in [-0.05, 0) is 38.8 Å². The van der Waals surface area contributed by atoms with Crippen molar-refractivity contribution in [2.75, 3.05) is 17.2 Å². The standard InChI is InChI=1S/C13H18N2O2/c1-13(2)7-4-8-15(13)10-6-3-5-9(11(10)14)12(16)17/h3,5-6H,4,7-8,14H2,1-2H3,(H,16,17). The Hall–Kier alpha value is -1.71. The molecule has 3 N–H and O–H groups in total. The highest BCUT2D eigenvalue weighted by molar-refractivity contribution is 5.97. The van der Waals surface area contributed by atoms with Crippen molar-refractivity contribution in [3.05, 3.63) is 23.8 Å². The number of nitrogen functional groups attached to an aromatic ring is 1. The number of carbonyl (C=O) groups is 1. The fraction of sp³-hybridized carbons (Fsp3) is 0.462. The summed E-state index contributed by atoms with van der Waals surface area (Å²) in [6.45, 7) is 5.25. The molecule has 1 aromatic carbocycles. The Morgan fingerprint density at radius 2 is 2.18 bits per heavy atom. The molecule has 1 aliphatic rings. The van der Waals surface area contributed by atoms with Crippen LogP contribution in [0.1, 0.15) is 37.0 Å². The summed E-state index contributed by atoms with van der Waals surface area (Å²) in [5.74, 6) is -0.971. The van der Waals surface area contributed by atoms with Crippen molar-refractivity contribution >= 4 is 17.3 Å². The average molecular weight is 234 g/mol. The zero-order valence-electron chi connectivity index (χ0n) is 10.2. The number of nitrogens with zero attached hydrogens (tertiary/aromatic N) is 1. The summed E-state index contributed by atoms with van der Waals surface area (Å²) in [5, 5.41) is 9.06. The molecule has 1 aromatic rings. The summed E-state index contributed by atoms with van der Waals surface area (Å²) in [4.78, 5) is 13.3. The summed E-state index contributed by atoms with van der Waals surface area (Å²) >= 11 is 0. The van der Waals surface area contributed by atoms with E-state index in [1.54, 1.807) is 12.1 Å². The number of hydrogen-bond acceptors (Lipinski definition) is 3. The first-order chi connectivity index (χ1) is 7.93. The first-order valence-corrected chi connectivity index (χ1v) is 5.83. The van der Waals surface area contributed by atoms with E-state index in [1.165, 1.54) is 0 Å². The van der Waals surface area contributed by atoms with E-state index in [9.17, 15) is 4.79 Å². The van der Waals surface area contributed by atoms with Crippen molar-refractivity contribution in [1.82, 2.24) is 0 Å². The van der Waals surface area contributed by atoms with Crippen molar-refractivity contribution in [2.45, 2.75) is 32.2 Å². The Morgan fingerprint density at radius 1 is 1.47 bits per heavy atom. The van der Waals surface area contributed by atoms with Gasteiger partial charge in [0.15, 0.2) is 0 Å². The molecule has 0 aliphatic carbocycles. The van der Waals surface area contributed by atoms with Gasteiger partial charge in [0.05, 0.1) is 16.9 Å². The number of benzene rings is 1. The molecule has 0 saturated carbocycles. The maximum absolute atomic E-state index is 11.1. The summed E-state index contributed by atoms with van der Waals surface area (Å²) in [6, 6.07) is 5.20. The largest absolute Gasteiger partial charge is 0.478 e. The molecule has 0 atom stereocenters. The van der Waals surface area contributed by atoms with Crippen molar-refractivity contribution in [3.8, 4) is 0 Å². The van der Waals surface area contributed by atoms with Crippen molar-refractivity contribution in [1.29, 1.82) is 0 Å². The zero-order chi connectivity index (χ0) is 12.6. The van der Waals surface area contributed by atoms with Gasteiger partial charge in [-0.25, -0.2) is 4.79 Å². The van der Waals surface area contributed by atoms with Crippen LogP contribution >= 0.6 is 0 Å². The summed E-state index contributed by atoms with van der Waals surface area (Å²) < 4.78 is 0. The third-order valence-electron chi connectivity index (χ3n) is 3.51. The molecule has 1 fully saturated rings. The van der Waals surface area contributed by atoms with Gasteiger partial charge in [0.1, 0.15) is 0 Å². The Kier molecular flexibility index (Phi) is 2.73. The fourth-order valence-electron chi connectivity index (χ4n) is 2.53. The number of aromatic carboxylic acids is 1. The van der Waals surface area contributed by atoms with Crippen LogP contribution in [0.25, 0.3) is 0 Å². The second kappa shape index (κ2) is 3.95. The minimum Gasteiger partial charge on any atom is -0.478 e. The van der Waals surface area contributed by atoms with Crippen LogP contribution in [0, 0.1) is 0 Å². The molecule has 17 heavy (non-hydrogen) atoms. The lowest BCUT2D eigenvalue weighted by molar-refractivity contribution is 0.0698. The van der Waals surface area contributed by atoms with Gasteiger partial charge in [0.25, 0.3) is 0 Å². The van der Waals surface area contributed by atoms with Gasteiger partial charge in [-0.3, -0.25) is 0 Å². The van der Waals surface area contributed by atoms with Gasteiger partial charge >= 0.3 is 5.97 Å². The predicted octanol–water partition coefficient (Wildman–Crippen LogP) is 2.35. The molecule has 92 valence electrons. The lowest BCUT2D eigenvalue weighted by atomic mass is 10.0. The maximum Gasteiger partial charge on any atom is 0.337 e. The molecule has 0 unspecified atom stereocenters. The zero-order valence-corrected chi connectivity index (χ0v) is 10.2. The van der Waals surface area contributed by atoms with Crippen LogP contribution in [-0.4, -0.2) is 23.2 Å². The highest BCUT2D eigenvalue weighted by atomic mass is 16.4. The van der Waals surface area contributed by atoms with Crippen LogP contribution in [0.15, 0.2) is 18.2 Å². The molecule has 4 heteroatoms. The topological polar surface area (TPSA) is 66.6 Å². The maximum atomic E-state index is 11.1. The molecule has 0 amide bonds. The second-order valence-corrected chi connectivity index (χ2v) is 5.11. The Morgan fingerprint density at radius 3 is 2.71 bits per heavy atom. The number of para-hydroxylation sites is 1. The molecule has 0 radical (unpaired) electrons. The van der Waals surface area contributed by atoms with Gasteiger partial charge in [-0.2, -0.15) is 0 Å². The van der Waals surface area contributed by atoms with Gasteiger partial charge in [0, 0.05) is 12.1 Å². The minimum atomic E-state index is -0.971. The molecule has 0 spiro atoms. The third kappa shape index (κ3) is 1.95. The molecule has 4 nitrogen and oxygen atoms in total. The van der Waals surface area contributed by atoms with Gasteiger partial charge in [-0.15, -0.1) is 0 Å². The van der Waals surface area contributed by atoms with Crippen molar-refractivity contribution < 1.29 is 9.90 Å². The van der Waals surface area contributed by atoms with E-state index in [1.807, 2.05) is 6.07 Å². The quantitative estimate of drug-likeness (QED) is 0.771. The SMILES string of the molecule is CC1(C)CCCN1c1cccc(C(=O)O)c1N. The van der Waals surface area contributed by atoms with Crippen LogP contribution in [0.3, 0.4) is 0 Å². The summed E-state index contributed by atoms with van der Waals surface area (Å²) in [5.41, 5.74) is 7.41. The Labute approximate surface area is 101 Å².